The van der Waals surface area contributed by atoms with Gasteiger partial charge in [0.25, 0.3) is 0 Å². The van der Waals surface area contributed by atoms with Gasteiger partial charge in [-0.2, -0.15) is 0 Å². The summed E-state index contributed by atoms with van der Waals surface area (Å²) >= 11 is 0. The molecule has 1 fully saturated rings. The molecule has 0 spiro atoms. The first-order valence-electron chi connectivity index (χ1n) is 7.20. The molecular formula is C16H25NO2. The van der Waals surface area contributed by atoms with Gasteiger partial charge in [0.15, 0.2) is 0 Å². The lowest BCUT2D eigenvalue weighted by Gasteiger charge is -2.28. The standard InChI is InChI=1S/C16H25NO2/c1-11-5-4-6-14(9-11)19-16-10-13(18-3)7-8-15(16)12(2)17/h7-8,10-12,14H,4-6,9,17H2,1-3H3/t11?,12-,14?/m1/s1. The van der Waals surface area contributed by atoms with E-state index in [0.717, 1.165) is 35.8 Å². The minimum atomic E-state index is -0.0260. The van der Waals surface area contributed by atoms with Gasteiger partial charge in [0.2, 0.25) is 0 Å². The number of hydrogen-bond donors (Lipinski definition) is 1. The van der Waals surface area contributed by atoms with Gasteiger partial charge in [-0.15, -0.1) is 0 Å². The van der Waals surface area contributed by atoms with Gasteiger partial charge in [-0.3, -0.25) is 0 Å². The zero-order chi connectivity index (χ0) is 13.8. The molecule has 0 heterocycles. The van der Waals surface area contributed by atoms with Crippen LogP contribution in [0.15, 0.2) is 18.2 Å². The van der Waals surface area contributed by atoms with Crippen molar-refractivity contribution in [1.29, 1.82) is 0 Å². The molecule has 0 aliphatic heterocycles. The highest BCUT2D eigenvalue weighted by molar-refractivity contribution is 5.42. The molecule has 0 bridgehead atoms. The number of methoxy groups -OCH3 is 1. The number of nitrogens with two attached hydrogens (primary N) is 1. The highest BCUT2D eigenvalue weighted by Gasteiger charge is 2.22. The summed E-state index contributed by atoms with van der Waals surface area (Å²) in [5.41, 5.74) is 7.07. The fraction of sp³-hybridized carbons (Fsp3) is 0.625. The lowest BCUT2D eigenvalue weighted by atomic mass is 9.88. The molecule has 2 rings (SSSR count). The average Bonchev–Trinajstić information content (AvgIpc) is 2.38. The molecular weight excluding hydrogens is 238 g/mol. The maximum absolute atomic E-state index is 6.20. The lowest BCUT2D eigenvalue weighted by molar-refractivity contribution is 0.127. The van der Waals surface area contributed by atoms with Crippen molar-refractivity contribution in [2.45, 2.75) is 51.7 Å². The first-order chi connectivity index (χ1) is 9.10. The summed E-state index contributed by atoms with van der Waals surface area (Å²) < 4.78 is 11.5. The molecule has 1 aliphatic carbocycles. The Kier molecular flexibility index (Phi) is 4.70. The van der Waals surface area contributed by atoms with E-state index in [9.17, 15) is 0 Å². The van der Waals surface area contributed by atoms with Crippen molar-refractivity contribution in [3.63, 3.8) is 0 Å². The molecule has 3 nitrogen and oxygen atoms in total. The molecule has 1 aromatic carbocycles. The maximum atomic E-state index is 6.20. The molecule has 0 radical (unpaired) electrons. The SMILES string of the molecule is COc1ccc([C@@H](C)N)c(OC2CCCC(C)C2)c1. The van der Waals surface area contributed by atoms with Crippen LogP contribution in [0.5, 0.6) is 11.5 Å². The van der Waals surface area contributed by atoms with E-state index in [4.69, 9.17) is 15.2 Å². The summed E-state index contributed by atoms with van der Waals surface area (Å²) in [4.78, 5) is 0. The Morgan fingerprint density at radius 2 is 2.11 bits per heavy atom. The van der Waals surface area contributed by atoms with Crippen molar-refractivity contribution in [2.75, 3.05) is 7.11 Å². The van der Waals surface area contributed by atoms with Gasteiger partial charge in [-0.25, -0.2) is 0 Å². The van der Waals surface area contributed by atoms with E-state index >= 15 is 0 Å². The first kappa shape index (κ1) is 14.2. The summed E-state index contributed by atoms with van der Waals surface area (Å²) in [5.74, 6) is 2.46. The van der Waals surface area contributed by atoms with Gasteiger partial charge >= 0.3 is 0 Å². The van der Waals surface area contributed by atoms with Gasteiger partial charge in [0.1, 0.15) is 11.5 Å². The predicted molar refractivity (Wildman–Crippen MR) is 77.6 cm³/mol. The minimum absolute atomic E-state index is 0.0260. The van der Waals surface area contributed by atoms with Gasteiger partial charge in [0, 0.05) is 17.7 Å². The zero-order valence-electron chi connectivity index (χ0n) is 12.2. The summed E-state index contributed by atoms with van der Waals surface area (Å²) in [5, 5.41) is 0. The van der Waals surface area contributed by atoms with E-state index < -0.39 is 0 Å². The number of rotatable bonds is 4. The van der Waals surface area contributed by atoms with E-state index in [1.807, 2.05) is 25.1 Å². The van der Waals surface area contributed by atoms with Crippen molar-refractivity contribution in [1.82, 2.24) is 0 Å². The highest BCUT2D eigenvalue weighted by Crippen LogP contribution is 2.33. The van der Waals surface area contributed by atoms with Crippen LogP contribution in [-0.4, -0.2) is 13.2 Å². The van der Waals surface area contributed by atoms with Gasteiger partial charge in [-0.05, 0) is 38.2 Å². The average molecular weight is 263 g/mol. The predicted octanol–water partition coefficient (Wildman–Crippen LogP) is 3.67. The third-order valence-electron chi connectivity index (χ3n) is 3.89. The second-order valence-corrected chi connectivity index (χ2v) is 5.70. The summed E-state index contributed by atoms with van der Waals surface area (Å²) in [6, 6.07) is 5.87. The van der Waals surface area contributed by atoms with Crippen LogP contribution in [0.4, 0.5) is 0 Å². The second-order valence-electron chi connectivity index (χ2n) is 5.70. The topological polar surface area (TPSA) is 44.5 Å². The van der Waals surface area contributed by atoms with E-state index in [2.05, 4.69) is 6.92 Å². The molecule has 2 N–H and O–H groups in total. The molecule has 19 heavy (non-hydrogen) atoms. The van der Waals surface area contributed by atoms with Gasteiger partial charge in [-0.1, -0.05) is 19.4 Å². The largest absolute Gasteiger partial charge is 0.497 e. The van der Waals surface area contributed by atoms with E-state index in [1.165, 1.54) is 12.8 Å². The molecule has 106 valence electrons. The van der Waals surface area contributed by atoms with E-state index in [0.29, 0.717) is 6.10 Å². The van der Waals surface area contributed by atoms with E-state index in [1.54, 1.807) is 7.11 Å². The Balaban J connectivity index is 2.16. The summed E-state index contributed by atoms with van der Waals surface area (Å²) in [6.45, 7) is 4.28. The highest BCUT2D eigenvalue weighted by atomic mass is 16.5. The van der Waals surface area contributed by atoms with Crippen molar-refractivity contribution in [3.05, 3.63) is 23.8 Å². The van der Waals surface area contributed by atoms with Crippen LogP contribution in [0.3, 0.4) is 0 Å². The molecule has 0 saturated heterocycles. The van der Waals surface area contributed by atoms with Crippen LogP contribution < -0.4 is 15.2 Å². The smallest absolute Gasteiger partial charge is 0.128 e. The quantitative estimate of drug-likeness (QED) is 0.901. The summed E-state index contributed by atoms with van der Waals surface area (Å²) in [6.07, 6.45) is 5.16. The van der Waals surface area contributed by atoms with Crippen molar-refractivity contribution >= 4 is 0 Å². The second kappa shape index (κ2) is 6.29. The van der Waals surface area contributed by atoms with Crippen molar-refractivity contribution < 1.29 is 9.47 Å². The lowest BCUT2D eigenvalue weighted by Crippen LogP contribution is -2.25. The van der Waals surface area contributed by atoms with Gasteiger partial charge in [0.05, 0.1) is 13.2 Å². The van der Waals surface area contributed by atoms with Crippen LogP contribution >= 0.6 is 0 Å². The monoisotopic (exact) mass is 263 g/mol. The Morgan fingerprint density at radius 3 is 2.74 bits per heavy atom. The minimum Gasteiger partial charge on any atom is -0.497 e. The Labute approximate surface area is 116 Å². The molecule has 1 aromatic rings. The molecule has 2 unspecified atom stereocenters. The van der Waals surface area contributed by atoms with Gasteiger partial charge < -0.3 is 15.2 Å². The maximum Gasteiger partial charge on any atom is 0.128 e. The van der Waals surface area contributed by atoms with Crippen LogP contribution in [0.2, 0.25) is 0 Å². The molecule has 1 aliphatic rings. The fourth-order valence-electron chi connectivity index (χ4n) is 2.78. The molecule has 3 heteroatoms. The van der Waals surface area contributed by atoms with Crippen LogP contribution in [-0.2, 0) is 0 Å². The normalized spacial score (nSPS) is 24.8. The number of hydrogen-bond acceptors (Lipinski definition) is 3. The van der Waals surface area contributed by atoms with Crippen molar-refractivity contribution in [3.8, 4) is 11.5 Å². The molecule has 0 amide bonds. The zero-order valence-corrected chi connectivity index (χ0v) is 12.2. The van der Waals surface area contributed by atoms with Crippen LogP contribution in [0.1, 0.15) is 51.1 Å². The first-order valence-corrected chi connectivity index (χ1v) is 7.20. The van der Waals surface area contributed by atoms with Crippen LogP contribution in [0.25, 0.3) is 0 Å². The van der Waals surface area contributed by atoms with E-state index in [-0.39, 0.29) is 6.04 Å². The Hall–Kier alpha value is -1.22. The fourth-order valence-corrected chi connectivity index (χ4v) is 2.78. The Bertz CT molecular complexity index is 417. The van der Waals surface area contributed by atoms with Crippen molar-refractivity contribution in [2.24, 2.45) is 11.7 Å². The van der Waals surface area contributed by atoms with Crippen LogP contribution in [0, 0.1) is 5.92 Å². The third kappa shape index (κ3) is 3.63. The summed E-state index contributed by atoms with van der Waals surface area (Å²) in [7, 11) is 1.67. The molecule has 0 aromatic heterocycles. The third-order valence-corrected chi connectivity index (χ3v) is 3.89. The number of ether oxygens (including phenoxy) is 2. The molecule has 3 atom stereocenters. The Morgan fingerprint density at radius 1 is 1.32 bits per heavy atom. The number of benzene rings is 1. The molecule has 1 saturated carbocycles.